The number of nitrogens with zero attached hydrogens (tertiary/aromatic N) is 2. The average molecular weight is 391 g/mol. The molecule has 1 saturated heterocycles. The number of halogens is 2. The van der Waals surface area contributed by atoms with Crippen LogP contribution in [0.2, 0.25) is 10.0 Å². The van der Waals surface area contributed by atoms with Gasteiger partial charge in [0.2, 0.25) is 11.8 Å². The number of hydrogen-bond donors (Lipinski definition) is 1. The Bertz CT molecular complexity index is 1050. The molecule has 1 amide bonds. The monoisotopic (exact) mass is 390 g/mol. The van der Waals surface area contributed by atoms with Crippen LogP contribution in [0, 0.1) is 5.92 Å². The number of benzene rings is 2. The minimum atomic E-state index is -0.969. The Labute approximate surface area is 157 Å². The van der Waals surface area contributed by atoms with Crippen molar-refractivity contribution < 1.29 is 19.1 Å². The first-order valence-electron chi connectivity index (χ1n) is 7.81. The van der Waals surface area contributed by atoms with E-state index in [4.69, 9.17) is 32.7 Å². The Kier molecular flexibility index (Phi) is 4.09. The molecule has 6 nitrogen and oxygen atoms in total. The van der Waals surface area contributed by atoms with Gasteiger partial charge in [0.05, 0.1) is 16.0 Å². The minimum Gasteiger partial charge on any atom is -0.481 e. The van der Waals surface area contributed by atoms with Crippen LogP contribution >= 0.6 is 23.2 Å². The molecule has 4 rings (SSSR count). The quantitative estimate of drug-likeness (QED) is 0.722. The Balaban J connectivity index is 1.69. The molecule has 2 aromatic carbocycles. The number of carboxylic acids is 1. The molecule has 2 heterocycles. The number of amides is 1. The van der Waals surface area contributed by atoms with E-state index in [1.54, 1.807) is 36.4 Å². The Hall–Kier alpha value is -2.57. The predicted octanol–water partition coefficient (Wildman–Crippen LogP) is 4.24. The van der Waals surface area contributed by atoms with Crippen molar-refractivity contribution in [3.63, 3.8) is 0 Å². The van der Waals surface area contributed by atoms with E-state index in [9.17, 15) is 9.59 Å². The fourth-order valence-corrected chi connectivity index (χ4v) is 3.25. The predicted molar refractivity (Wildman–Crippen MR) is 97.6 cm³/mol. The maximum Gasteiger partial charge on any atom is 0.308 e. The Morgan fingerprint density at radius 2 is 2.00 bits per heavy atom. The smallest absolute Gasteiger partial charge is 0.308 e. The molecule has 1 fully saturated rings. The summed E-state index contributed by atoms with van der Waals surface area (Å²) < 4.78 is 5.79. The molecule has 1 N–H and O–H groups in total. The van der Waals surface area contributed by atoms with Crippen molar-refractivity contribution in [2.24, 2.45) is 5.92 Å². The van der Waals surface area contributed by atoms with Gasteiger partial charge in [0.1, 0.15) is 5.52 Å². The number of anilines is 1. The van der Waals surface area contributed by atoms with Gasteiger partial charge in [-0.2, -0.15) is 0 Å². The molecule has 1 unspecified atom stereocenters. The SMILES string of the molecule is O=C(O)C1CC(=O)N(c2ccc3nc(-c4ccc(Cl)c(Cl)c4)oc3c2)C1. The van der Waals surface area contributed by atoms with Crippen LogP contribution in [0.25, 0.3) is 22.6 Å². The molecule has 1 aliphatic heterocycles. The van der Waals surface area contributed by atoms with Crippen LogP contribution in [0.4, 0.5) is 5.69 Å². The van der Waals surface area contributed by atoms with Crippen molar-refractivity contribution in [1.82, 2.24) is 4.98 Å². The number of oxazole rings is 1. The first-order valence-corrected chi connectivity index (χ1v) is 8.57. The topological polar surface area (TPSA) is 83.6 Å². The minimum absolute atomic E-state index is 0.00169. The van der Waals surface area contributed by atoms with Gasteiger partial charge in [0, 0.05) is 30.3 Å². The summed E-state index contributed by atoms with van der Waals surface area (Å²) in [6, 6.07) is 10.2. The molecule has 8 heteroatoms. The molecule has 0 aliphatic carbocycles. The number of aliphatic carboxylic acids is 1. The first kappa shape index (κ1) is 16.9. The zero-order valence-electron chi connectivity index (χ0n) is 13.3. The van der Waals surface area contributed by atoms with Crippen molar-refractivity contribution >= 4 is 51.9 Å². The molecule has 1 aromatic heterocycles. The summed E-state index contributed by atoms with van der Waals surface area (Å²) in [5.41, 5.74) is 2.38. The van der Waals surface area contributed by atoms with Gasteiger partial charge in [-0.1, -0.05) is 23.2 Å². The molecular formula is C18H12Cl2N2O4. The Morgan fingerprint density at radius 3 is 2.69 bits per heavy atom. The second kappa shape index (κ2) is 6.30. The lowest BCUT2D eigenvalue weighted by Gasteiger charge is -2.15. The van der Waals surface area contributed by atoms with Crippen LogP contribution in [0.5, 0.6) is 0 Å². The zero-order valence-corrected chi connectivity index (χ0v) is 14.8. The number of carbonyl (C=O) groups is 2. The van der Waals surface area contributed by atoms with E-state index in [1.807, 2.05) is 0 Å². The number of rotatable bonds is 3. The lowest BCUT2D eigenvalue weighted by Crippen LogP contribution is -2.25. The van der Waals surface area contributed by atoms with Crippen LogP contribution in [0.3, 0.4) is 0 Å². The maximum absolute atomic E-state index is 12.1. The number of carboxylic acid groups (broad SMARTS) is 1. The number of carbonyl (C=O) groups excluding carboxylic acids is 1. The van der Waals surface area contributed by atoms with Gasteiger partial charge in [-0.25, -0.2) is 4.98 Å². The average Bonchev–Trinajstić information content (AvgIpc) is 3.20. The third kappa shape index (κ3) is 2.91. The van der Waals surface area contributed by atoms with E-state index in [2.05, 4.69) is 4.98 Å². The number of aromatic nitrogens is 1. The zero-order chi connectivity index (χ0) is 18.4. The maximum atomic E-state index is 12.1. The fraction of sp³-hybridized carbons (Fsp3) is 0.167. The molecule has 1 atom stereocenters. The molecule has 0 radical (unpaired) electrons. The van der Waals surface area contributed by atoms with E-state index in [-0.39, 0.29) is 18.9 Å². The van der Waals surface area contributed by atoms with Crippen molar-refractivity contribution in [2.75, 3.05) is 11.4 Å². The number of hydrogen-bond acceptors (Lipinski definition) is 4. The summed E-state index contributed by atoms with van der Waals surface area (Å²) in [4.78, 5) is 29.1. The van der Waals surface area contributed by atoms with E-state index in [1.165, 1.54) is 4.90 Å². The number of fused-ring (bicyclic) bond motifs is 1. The summed E-state index contributed by atoms with van der Waals surface area (Å²) in [6.45, 7) is 0.146. The molecule has 0 saturated carbocycles. The summed E-state index contributed by atoms with van der Waals surface area (Å²) in [6.07, 6.45) is -0.00169. The lowest BCUT2D eigenvalue weighted by molar-refractivity contribution is -0.141. The normalized spacial score (nSPS) is 17.2. The summed E-state index contributed by atoms with van der Waals surface area (Å²) >= 11 is 12.0. The first-order chi connectivity index (χ1) is 12.4. The van der Waals surface area contributed by atoms with Gasteiger partial charge in [0.15, 0.2) is 5.58 Å². The molecule has 3 aromatic rings. The molecule has 0 bridgehead atoms. The highest BCUT2D eigenvalue weighted by Crippen LogP contribution is 2.32. The van der Waals surface area contributed by atoms with Crippen molar-refractivity contribution in [3.05, 3.63) is 46.4 Å². The second-order valence-corrected chi connectivity index (χ2v) is 6.86. The van der Waals surface area contributed by atoms with E-state index < -0.39 is 11.9 Å². The summed E-state index contributed by atoms with van der Waals surface area (Å²) in [5, 5.41) is 9.95. The molecule has 26 heavy (non-hydrogen) atoms. The van der Waals surface area contributed by atoms with Gasteiger partial charge in [-0.3, -0.25) is 9.59 Å². The largest absolute Gasteiger partial charge is 0.481 e. The summed E-state index contributed by atoms with van der Waals surface area (Å²) in [7, 11) is 0. The van der Waals surface area contributed by atoms with Gasteiger partial charge < -0.3 is 14.4 Å². The van der Waals surface area contributed by atoms with Crippen LogP contribution < -0.4 is 4.90 Å². The molecular weight excluding hydrogens is 379 g/mol. The van der Waals surface area contributed by atoms with Crippen LogP contribution in [-0.2, 0) is 9.59 Å². The van der Waals surface area contributed by atoms with Gasteiger partial charge in [0.25, 0.3) is 0 Å². The Morgan fingerprint density at radius 1 is 1.19 bits per heavy atom. The van der Waals surface area contributed by atoms with Crippen LogP contribution in [0.15, 0.2) is 40.8 Å². The molecule has 1 aliphatic rings. The van der Waals surface area contributed by atoms with Crippen LogP contribution in [-0.4, -0.2) is 28.5 Å². The molecule has 132 valence electrons. The molecule has 0 spiro atoms. The van der Waals surface area contributed by atoms with Crippen LogP contribution in [0.1, 0.15) is 6.42 Å². The van der Waals surface area contributed by atoms with Crippen molar-refractivity contribution in [2.45, 2.75) is 6.42 Å². The third-order valence-electron chi connectivity index (χ3n) is 4.32. The van der Waals surface area contributed by atoms with Crippen molar-refractivity contribution in [1.29, 1.82) is 0 Å². The van der Waals surface area contributed by atoms with E-state index in [0.29, 0.717) is 38.3 Å². The second-order valence-electron chi connectivity index (χ2n) is 6.04. The van der Waals surface area contributed by atoms with Gasteiger partial charge in [-0.05, 0) is 30.3 Å². The van der Waals surface area contributed by atoms with E-state index in [0.717, 1.165) is 0 Å². The highest BCUT2D eigenvalue weighted by molar-refractivity contribution is 6.42. The standard InChI is InChI=1S/C18H12Cl2N2O4/c19-12-3-1-9(5-13(12)20)17-21-14-4-2-11(7-15(14)26-17)22-8-10(18(24)25)6-16(22)23/h1-5,7,10H,6,8H2,(H,24,25). The van der Waals surface area contributed by atoms with Gasteiger partial charge >= 0.3 is 5.97 Å². The van der Waals surface area contributed by atoms with Crippen molar-refractivity contribution in [3.8, 4) is 11.5 Å². The lowest BCUT2D eigenvalue weighted by atomic mass is 10.1. The summed E-state index contributed by atoms with van der Waals surface area (Å²) in [5.74, 6) is -1.50. The highest BCUT2D eigenvalue weighted by Gasteiger charge is 2.35. The van der Waals surface area contributed by atoms with E-state index >= 15 is 0 Å². The van der Waals surface area contributed by atoms with Gasteiger partial charge in [-0.15, -0.1) is 0 Å². The highest BCUT2D eigenvalue weighted by atomic mass is 35.5. The fourth-order valence-electron chi connectivity index (χ4n) is 2.96. The third-order valence-corrected chi connectivity index (χ3v) is 5.06.